The summed E-state index contributed by atoms with van der Waals surface area (Å²) in [5.74, 6) is -0.876. The number of nitrogens with zero attached hydrogens (tertiary/aromatic N) is 3. The second-order valence-corrected chi connectivity index (χ2v) is 12.6. The summed E-state index contributed by atoms with van der Waals surface area (Å²) in [4.78, 5) is 12.0. The summed E-state index contributed by atoms with van der Waals surface area (Å²) in [5.41, 5.74) is 0.854. The van der Waals surface area contributed by atoms with Gasteiger partial charge in [-0.15, -0.1) is 12.6 Å². The molecule has 0 fully saturated rings. The highest BCUT2D eigenvalue weighted by atomic mass is 32.2. The SMILES string of the molecule is CC.CC.CS(=O)(=O)Nc1cccc(Nc2nc(NCCS(=O)(=O)O)nc(Nc3cccc(S(=O)(=O)O)c3)n2)c1.O=S(=O)=O. The summed E-state index contributed by atoms with van der Waals surface area (Å²) in [5, 5.41) is 8.24. The zero-order valence-electron chi connectivity index (χ0n) is 24.1. The maximum atomic E-state index is 11.5. The lowest BCUT2D eigenvalue weighted by molar-refractivity contribution is 0.481. The number of sulfonamides is 1. The van der Waals surface area contributed by atoms with Gasteiger partial charge in [0.1, 0.15) is 0 Å². The van der Waals surface area contributed by atoms with E-state index in [1.54, 1.807) is 12.1 Å². The average Bonchev–Trinajstić information content (AvgIpc) is 2.89. The highest BCUT2D eigenvalue weighted by molar-refractivity contribution is 7.92. The summed E-state index contributed by atoms with van der Waals surface area (Å²) in [6.07, 6.45) is 0.999. The summed E-state index contributed by atoms with van der Waals surface area (Å²) in [6, 6.07) is 11.3. The molecule has 0 unspecified atom stereocenters. The van der Waals surface area contributed by atoms with Crippen LogP contribution in [-0.2, 0) is 40.9 Å². The van der Waals surface area contributed by atoms with Crippen LogP contribution in [0.1, 0.15) is 27.7 Å². The first-order valence-corrected chi connectivity index (χ1v) is 18.2. The quantitative estimate of drug-likeness (QED) is 0.157. The fourth-order valence-corrected chi connectivity index (χ4v) is 4.17. The molecule has 0 radical (unpaired) electrons. The van der Waals surface area contributed by atoms with Gasteiger partial charge in [0.25, 0.3) is 20.2 Å². The van der Waals surface area contributed by atoms with Gasteiger partial charge in [-0.1, -0.05) is 39.8 Å². The summed E-state index contributed by atoms with van der Waals surface area (Å²) in [7, 11) is -15.3. The van der Waals surface area contributed by atoms with Crippen molar-refractivity contribution in [1.82, 2.24) is 15.0 Å². The fourth-order valence-electron chi connectivity index (χ4n) is 2.73. The second-order valence-electron chi connectivity index (χ2n) is 7.43. The fraction of sp³-hybridized carbons (Fsp3) is 0.318. The molecule has 0 saturated carbocycles. The van der Waals surface area contributed by atoms with Gasteiger partial charge in [-0.25, -0.2) is 8.42 Å². The molecule has 6 N–H and O–H groups in total. The Morgan fingerprint density at radius 1 is 0.705 bits per heavy atom. The van der Waals surface area contributed by atoms with Crippen molar-refractivity contribution < 1.29 is 47.0 Å². The largest absolute Gasteiger partial charge is 0.425 e. The van der Waals surface area contributed by atoms with Gasteiger partial charge in [0.05, 0.1) is 22.6 Å². The molecule has 0 aliphatic heterocycles. The molecule has 0 amide bonds. The minimum atomic E-state index is -4.46. The van der Waals surface area contributed by atoms with Gasteiger partial charge in [0, 0.05) is 17.9 Å². The highest BCUT2D eigenvalue weighted by Gasteiger charge is 2.13. The van der Waals surface area contributed by atoms with Crippen LogP contribution in [0, 0.1) is 0 Å². The van der Waals surface area contributed by atoms with Gasteiger partial charge in [-0.05, 0) is 36.4 Å². The Bertz CT molecular complexity index is 1800. The molecule has 0 aliphatic rings. The molecule has 44 heavy (non-hydrogen) atoms. The molecule has 1 aromatic heterocycles. The van der Waals surface area contributed by atoms with Gasteiger partial charge >= 0.3 is 10.6 Å². The molecule has 0 spiro atoms. The predicted molar refractivity (Wildman–Crippen MR) is 165 cm³/mol. The lowest BCUT2D eigenvalue weighted by atomic mass is 10.3. The maximum Gasteiger partial charge on any atom is 0.425 e. The number of rotatable bonds is 11. The van der Waals surface area contributed by atoms with E-state index < -0.39 is 46.6 Å². The van der Waals surface area contributed by atoms with Crippen LogP contribution in [0.2, 0.25) is 0 Å². The zero-order chi connectivity index (χ0) is 34.1. The third-order valence-corrected chi connectivity index (χ3v) is 6.26. The molecule has 0 saturated heterocycles. The molecular weight excluding hydrogens is 667 g/mol. The number of hydrogen-bond acceptors (Lipinski definition) is 15. The Hall–Kier alpha value is -3.96. The van der Waals surface area contributed by atoms with E-state index in [2.05, 4.69) is 35.6 Å². The van der Waals surface area contributed by atoms with Crippen LogP contribution in [0.3, 0.4) is 0 Å². The minimum absolute atomic E-state index is 0.0516. The van der Waals surface area contributed by atoms with E-state index in [1.807, 2.05) is 27.7 Å². The summed E-state index contributed by atoms with van der Waals surface area (Å²) >= 11 is 0. The lowest BCUT2D eigenvalue weighted by Crippen LogP contribution is -2.17. The molecule has 18 nitrogen and oxygen atoms in total. The predicted octanol–water partition coefficient (Wildman–Crippen LogP) is 2.33. The van der Waals surface area contributed by atoms with Crippen molar-refractivity contribution in [1.29, 1.82) is 0 Å². The van der Waals surface area contributed by atoms with Gasteiger partial charge in [-0.3, -0.25) is 13.8 Å². The number of nitrogens with one attached hydrogen (secondary N) is 4. The number of aromatic nitrogens is 3. The van der Waals surface area contributed by atoms with Crippen LogP contribution in [0.4, 0.5) is 34.9 Å². The van der Waals surface area contributed by atoms with Crippen LogP contribution in [-0.4, -0.2) is 80.5 Å². The van der Waals surface area contributed by atoms with Crippen molar-refractivity contribution in [3.63, 3.8) is 0 Å². The van der Waals surface area contributed by atoms with E-state index in [4.69, 9.17) is 17.2 Å². The number of hydrogen-bond donors (Lipinski definition) is 6. The first-order valence-electron chi connectivity index (χ1n) is 12.3. The standard InChI is InChI=1S/C18H21N7O8S3.2C2H6.O3S/c1-34(26,27)25-14-6-2-4-12(10-14)20-17-22-16(19-8-9-35(28,29)30)23-18(24-17)21-13-5-3-7-15(11-13)36(31,32)33;2*1-2;1-4(2)3/h2-7,10-11,25H,8-9H2,1H3,(H,28,29,30)(H,31,32,33)(H3,19,20,21,22,23,24);2*1-2H3;. The topological polar surface area (TPSA) is 281 Å². The van der Waals surface area contributed by atoms with Crippen molar-refractivity contribution in [3.05, 3.63) is 48.5 Å². The van der Waals surface area contributed by atoms with Crippen molar-refractivity contribution in [2.45, 2.75) is 32.6 Å². The van der Waals surface area contributed by atoms with Crippen molar-refractivity contribution in [2.75, 3.05) is 39.2 Å². The van der Waals surface area contributed by atoms with E-state index >= 15 is 0 Å². The first-order chi connectivity index (χ1) is 20.4. The third kappa shape index (κ3) is 17.9. The first kappa shape index (κ1) is 40.0. The van der Waals surface area contributed by atoms with Crippen molar-refractivity contribution in [2.24, 2.45) is 0 Å². The minimum Gasteiger partial charge on any atom is -0.353 e. The molecule has 3 rings (SSSR count). The third-order valence-electron chi connectivity index (χ3n) is 4.09. The van der Waals surface area contributed by atoms with Gasteiger partial charge < -0.3 is 16.0 Å². The zero-order valence-corrected chi connectivity index (χ0v) is 27.3. The van der Waals surface area contributed by atoms with Crippen molar-refractivity contribution >= 4 is 75.8 Å². The molecule has 246 valence electrons. The summed E-state index contributed by atoms with van der Waals surface area (Å²) < 4.78 is 114. The molecule has 1 heterocycles. The lowest BCUT2D eigenvalue weighted by Gasteiger charge is -2.12. The van der Waals surface area contributed by atoms with E-state index in [0.717, 1.165) is 12.3 Å². The van der Waals surface area contributed by atoms with E-state index in [9.17, 15) is 29.8 Å². The van der Waals surface area contributed by atoms with Gasteiger partial charge in [0.15, 0.2) is 0 Å². The number of anilines is 6. The van der Waals surface area contributed by atoms with Gasteiger partial charge in [0.2, 0.25) is 27.9 Å². The van der Waals surface area contributed by atoms with Crippen LogP contribution in [0.25, 0.3) is 0 Å². The van der Waals surface area contributed by atoms with Crippen LogP contribution >= 0.6 is 0 Å². The maximum absolute atomic E-state index is 11.5. The Labute approximate surface area is 257 Å². The van der Waals surface area contributed by atoms with Crippen LogP contribution in [0.15, 0.2) is 53.4 Å². The van der Waals surface area contributed by atoms with E-state index in [-0.39, 0.29) is 40.7 Å². The Balaban J connectivity index is 0.00000210. The highest BCUT2D eigenvalue weighted by Crippen LogP contribution is 2.22. The normalized spacial score (nSPS) is 10.7. The van der Waals surface area contributed by atoms with Gasteiger partial charge in [-0.2, -0.15) is 31.8 Å². The molecule has 0 bridgehead atoms. The van der Waals surface area contributed by atoms with Crippen molar-refractivity contribution in [3.8, 4) is 0 Å². The molecule has 0 aliphatic carbocycles. The molecule has 0 atom stereocenters. The molecule has 2 aromatic carbocycles. The Morgan fingerprint density at radius 2 is 1.14 bits per heavy atom. The molecule has 3 aromatic rings. The smallest absolute Gasteiger partial charge is 0.353 e. The number of benzene rings is 2. The van der Waals surface area contributed by atoms with Crippen LogP contribution < -0.4 is 20.7 Å². The summed E-state index contributed by atoms with van der Waals surface area (Å²) in [6.45, 7) is 7.76. The average molecular weight is 700 g/mol. The Morgan fingerprint density at radius 3 is 1.59 bits per heavy atom. The van der Waals surface area contributed by atoms with Crippen LogP contribution in [0.5, 0.6) is 0 Å². The molecule has 22 heteroatoms. The molecular formula is C22H33N7O11S4. The Kier molecular flexibility index (Phi) is 17.0. The second kappa shape index (κ2) is 18.6. The van der Waals surface area contributed by atoms with E-state index in [0.29, 0.717) is 5.69 Å². The van der Waals surface area contributed by atoms with E-state index in [1.165, 1.54) is 30.3 Å². The monoisotopic (exact) mass is 699 g/mol.